The number of rotatable bonds is 46. The molecule has 0 saturated heterocycles. The molecule has 0 aliphatic carbocycles. The Morgan fingerprint density at radius 3 is 1.02 bits per heavy atom. The fourth-order valence-electron chi connectivity index (χ4n) is 7.26. The second-order valence-electron chi connectivity index (χ2n) is 17.1. The molecular formula is C54H96O6. The summed E-state index contributed by atoms with van der Waals surface area (Å²) in [6.45, 7) is 6.49. The minimum Gasteiger partial charge on any atom is -0.462 e. The Kier molecular flexibility index (Phi) is 46.9. The molecule has 0 bridgehead atoms. The number of ether oxygens (including phenoxy) is 3. The van der Waals surface area contributed by atoms with E-state index < -0.39 is 6.10 Å². The van der Waals surface area contributed by atoms with Crippen molar-refractivity contribution in [1.82, 2.24) is 0 Å². The fraction of sp³-hybridized carbons (Fsp3) is 0.796. The highest BCUT2D eigenvalue weighted by Gasteiger charge is 2.19. The molecule has 6 heteroatoms. The maximum absolute atomic E-state index is 12.8. The third kappa shape index (κ3) is 46.4. The Balaban J connectivity index is 4.37. The van der Waals surface area contributed by atoms with Gasteiger partial charge in [-0.3, -0.25) is 14.4 Å². The number of unbranched alkanes of at least 4 members (excludes halogenated alkanes) is 27. The van der Waals surface area contributed by atoms with Gasteiger partial charge in [-0.15, -0.1) is 0 Å². The van der Waals surface area contributed by atoms with Crippen LogP contribution in [0.25, 0.3) is 0 Å². The quantitative estimate of drug-likeness (QED) is 0.0263. The molecule has 6 nitrogen and oxygen atoms in total. The van der Waals surface area contributed by atoms with E-state index in [1.54, 1.807) is 0 Å². The molecule has 348 valence electrons. The molecule has 60 heavy (non-hydrogen) atoms. The van der Waals surface area contributed by atoms with Gasteiger partial charge in [-0.05, 0) is 57.8 Å². The second kappa shape index (κ2) is 49.0. The third-order valence-electron chi connectivity index (χ3n) is 11.1. The number of carbonyl (C=O) groups is 3. The average Bonchev–Trinajstić information content (AvgIpc) is 3.24. The number of hydrogen-bond donors (Lipinski definition) is 0. The van der Waals surface area contributed by atoms with E-state index >= 15 is 0 Å². The van der Waals surface area contributed by atoms with E-state index in [9.17, 15) is 14.4 Å². The van der Waals surface area contributed by atoms with E-state index in [0.29, 0.717) is 19.3 Å². The molecule has 1 atom stereocenters. The van der Waals surface area contributed by atoms with Gasteiger partial charge in [-0.25, -0.2) is 0 Å². The van der Waals surface area contributed by atoms with Crippen LogP contribution in [0.15, 0.2) is 48.6 Å². The van der Waals surface area contributed by atoms with Gasteiger partial charge >= 0.3 is 17.9 Å². The highest BCUT2D eigenvalue weighted by Crippen LogP contribution is 2.16. The predicted molar refractivity (Wildman–Crippen MR) is 256 cm³/mol. The summed E-state index contributed by atoms with van der Waals surface area (Å²) in [7, 11) is 0. The van der Waals surface area contributed by atoms with Crippen LogP contribution < -0.4 is 0 Å². The first-order valence-electron chi connectivity index (χ1n) is 25.6. The summed E-state index contributed by atoms with van der Waals surface area (Å²) >= 11 is 0. The minimum atomic E-state index is -0.789. The molecule has 0 aliphatic rings. The van der Waals surface area contributed by atoms with Crippen LogP contribution in [-0.2, 0) is 28.6 Å². The topological polar surface area (TPSA) is 78.9 Å². The van der Waals surface area contributed by atoms with Crippen molar-refractivity contribution in [2.45, 2.75) is 264 Å². The molecule has 0 aromatic carbocycles. The predicted octanol–water partition coefficient (Wildman–Crippen LogP) is 16.7. The van der Waals surface area contributed by atoms with E-state index in [4.69, 9.17) is 14.2 Å². The first-order valence-corrected chi connectivity index (χ1v) is 25.6. The van der Waals surface area contributed by atoms with Crippen LogP contribution in [0.2, 0.25) is 0 Å². The van der Waals surface area contributed by atoms with E-state index in [1.807, 2.05) is 0 Å². The van der Waals surface area contributed by atoms with Gasteiger partial charge < -0.3 is 14.2 Å². The number of allylic oxidation sites excluding steroid dienone is 8. The van der Waals surface area contributed by atoms with Crippen molar-refractivity contribution in [1.29, 1.82) is 0 Å². The Morgan fingerprint density at radius 1 is 0.350 bits per heavy atom. The smallest absolute Gasteiger partial charge is 0.306 e. The van der Waals surface area contributed by atoms with E-state index in [2.05, 4.69) is 69.4 Å². The third-order valence-corrected chi connectivity index (χ3v) is 11.1. The average molecular weight is 841 g/mol. The molecule has 0 N–H and O–H groups in total. The summed E-state index contributed by atoms with van der Waals surface area (Å²) < 4.78 is 16.7. The van der Waals surface area contributed by atoms with Crippen molar-refractivity contribution < 1.29 is 28.6 Å². The second-order valence-corrected chi connectivity index (χ2v) is 17.1. The summed E-state index contributed by atoms with van der Waals surface area (Å²) in [5.41, 5.74) is 0. The van der Waals surface area contributed by atoms with Crippen LogP contribution in [0.5, 0.6) is 0 Å². The van der Waals surface area contributed by atoms with E-state index in [1.165, 1.54) is 135 Å². The van der Waals surface area contributed by atoms with Gasteiger partial charge in [0.25, 0.3) is 0 Å². The van der Waals surface area contributed by atoms with Crippen LogP contribution in [0.3, 0.4) is 0 Å². The zero-order valence-corrected chi connectivity index (χ0v) is 39.7. The molecule has 0 aromatic heterocycles. The molecule has 0 aliphatic heterocycles. The Hall–Kier alpha value is -2.63. The van der Waals surface area contributed by atoms with Crippen molar-refractivity contribution in [3.63, 3.8) is 0 Å². The molecule has 0 spiro atoms. The van der Waals surface area contributed by atoms with Gasteiger partial charge in [0.2, 0.25) is 0 Å². The molecule has 1 unspecified atom stereocenters. The molecule has 0 amide bonds. The highest BCUT2D eigenvalue weighted by molar-refractivity contribution is 5.71. The monoisotopic (exact) mass is 841 g/mol. The maximum Gasteiger partial charge on any atom is 0.306 e. The lowest BCUT2D eigenvalue weighted by atomic mass is 10.0. The van der Waals surface area contributed by atoms with Crippen LogP contribution in [0.4, 0.5) is 0 Å². The van der Waals surface area contributed by atoms with Crippen molar-refractivity contribution in [3.05, 3.63) is 48.6 Å². The summed E-state index contributed by atoms with van der Waals surface area (Å²) in [5, 5.41) is 0. The molecule has 0 fully saturated rings. The Labute approximate surface area is 371 Å². The zero-order chi connectivity index (χ0) is 43.7. The molecule has 0 heterocycles. The highest BCUT2D eigenvalue weighted by atomic mass is 16.6. The lowest BCUT2D eigenvalue weighted by Crippen LogP contribution is -2.30. The number of esters is 3. The SMILES string of the molecule is CC/C=C\C/C=C\C/C=C\C/C=C\CCCCC(=O)OC(COC(=O)CCCCCCCCCCCC)COC(=O)CCCCCCCCCCCCCCCCCCC. The van der Waals surface area contributed by atoms with Crippen LogP contribution in [-0.4, -0.2) is 37.2 Å². The van der Waals surface area contributed by atoms with Crippen molar-refractivity contribution in [2.75, 3.05) is 13.2 Å². The van der Waals surface area contributed by atoms with Gasteiger partial charge in [0.05, 0.1) is 0 Å². The maximum atomic E-state index is 12.8. The normalized spacial score (nSPS) is 12.4. The first kappa shape index (κ1) is 57.4. The Bertz CT molecular complexity index is 1060. The van der Waals surface area contributed by atoms with Crippen molar-refractivity contribution in [3.8, 4) is 0 Å². The van der Waals surface area contributed by atoms with Gasteiger partial charge in [0.1, 0.15) is 13.2 Å². The van der Waals surface area contributed by atoms with Crippen LogP contribution >= 0.6 is 0 Å². The summed E-state index contributed by atoms with van der Waals surface area (Å²) in [6, 6.07) is 0. The van der Waals surface area contributed by atoms with Gasteiger partial charge in [-0.1, -0.05) is 230 Å². The number of carbonyl (C=O) groups excluding carboxylic acids is 3. The minimum absolute atomic E-state index is 0.0863. The van der Waals surface area contributed by atoms with Gasteiger partial charge in [-0.2, -0.15) is 0 Å². The van der Waals surface area contributed by atoms with Crippen LogP contribution in [0.1, 0.15) is 258 Å². The molecule has 0 radical (unpaired) electrons. The van der Waals surface area contributed by atoms with E-state index in [0.717, 1.165) is 77.0 Å². The summed E-state index contributed by atoms with van der Waals surface area (Å²) in [6.07, 6.45) is 58.1. The standard InChI is InChI=1S/C54H96O6/c1-4-7-10-13-16-19-22-24-26-27-29-30-32-35-38-41-44-47-53(56)59-50-51(49-58-52(55)46-43-40-37-34-21-18-15-12-9-6-3)60-54(57)48-45-42-39-36-33-31-28-25-23-20-17-14-11-8-5-2/h8,11,17,20,25,28,33,36,51H,4-7,9-10,12-16,18-19,21-24,26-27,29-32,34-35,37-50H2,1-3H3/b11-8-,20-17-,28-25-,36-33-. The van der Waals surface area contributed by atoms with Gasteiger partial charge in [0, 0.05) is 19.3 Å². The molecule has 0 aromatic rings. The lowest BCUT2D eigenvalue weighted by molar-refractivity contribution is -0.167. The van der Waals surface area contributed by atoms with E-state index in [-0.39, 0.29) is 37.5 Å². The molecule has 0 rings (SSSR count). The summed E-state index contributed by atoms with van der Waals surface area (Å²) in [4.78, 5) is 37.9. The first-order chi connectivity index (χ1) is 29.5. The summed E-state index contributed by atoms with van der Waals surface area (Å²) in [5.74, 6) is -0.921. The van der Waals surface area contributed by atoms with Crippen molar-refractivity contribution in [2.24, 2.45) is 0 Å². The fourth-order valence-corrected chi connectivity index (χ4v) is 7.26. The van der Waals surface area contributed by atoms with Gasteiger partial charge in [0.15, 0.2) is 6.10 Å². The van der Waals surface area contributed by atoms with Crippen molar-refractivity contribution >= 4 is 17.9 Å². The Morgan fingerprint density at radius 2 is 0.650 bits per heavy atom. The number of hydrogen-bond acceptors (Lipinski definition) is 6. The lowest BCUT2D eigenvalue weighted by Gasteiger charge is -2.18. The van der Waals surface area contributed by atoms with Crippen LogP contribution in [0, 0.1) is 0 Å². The molecular weight excluding hydrogens is 745 g/mol. The largest absolute Gasteiger partial charge is 0.462 e. The zero-order valence-electron chi connectivity index (χ0n) is 39.7. The molecule has 0 saturated carbocycles.